The Kier molecular flexibility index (Phi) is 5.56. The molecule has 1 rings (SSSR count). The molecule has 96 valence electrons. The minimum atomic E-state index is 0.0418. The molecule has 0 amide bonds. The number of hydrogen-bond donors (Lipinski definition) is 3. The summed E-state index contributed by atoms with van der Waals surface area (Å²) in [7, 11) is 0. The molecular weight excluding hydrogens is 216 g/mol. The molecule has 0 spiro atoms. The molecule has 0 aromatic carbocycles. The van der Waals surface area contributed by atoms with E-state index in [1.165, 1.54) is 0 Å². The van der Waals surface area contributed by atoms with Crippen LogP contribution in [-0.4, -0.2) is 12.5 Å². The SMILES string of the molecule is CCCCN=C(NN)NC(C)c1ccc(C)o1. The van der Waals surface area contributed by atoms with Gasteiger partial charge in [-0.3, -0.25) is 10.4 Å². The predicted octanol–water partition coefficient (Wildman–Crippen LogP) is 1.86. The number of aliphatic imine (C=N–C) groups is 1. The third-order valence-corrected chi connectivity index (χ3v) is 2.46. The molecule has 5 nitrogen and oxygen atoms in total. The van der Waals surface area contributed by atoms with Gasteiger partial charge in [0.05, 0.1) is 6.04 Å². The molecule has 1 unspecified atom stereocenters. The standard InChI is InChI=1S/C12H22N4O/c1-4-5-8-14-12(16-13)15-10(3)11-7-6-9(2)17-11/h6-7,10H,4-5,8,13H2,1-3H3,(H2,14,15,16). The van der Waals surface area contributed by atoms with Gasteiger partial charge >= 0.3 is 0 Å². The Bertz CT molecular complexity index is 359. The van der Waals surface area contributed by atoms with E-state index in [9.17, 15) is 0 Å². The molecule has 0 saturated heterocycles. The van der Waals surface area contributed by atoms with E-state index in [1.807, 2.05) is 26.0 Å². The number of hydrogen-bond acceptors (Lipinski definition) is 3. The average molecular weight is 238 g/mol. The number of nitrogens with one attached hydrogen (secondary N) is 2. The Morgan fingerprint density at radius 3 is 2.82 bits per heavy atom. The van der Waals surface area contributed by atoms with Gasteiger partial charge in [-0.15, -0.1) is 0 Å². The Morgan fingerprint density at radius 2 is 2.29 bits per heavy atom. The van der Waals surface area contributed by atoms with E-state index in [0.29, 0.717) is 5.96 Å². The van der Waals surface area contributed by atoms with Crippen molar-refractivity contribution < 1.29 is 4.42 Å². The summed E-state index contributed by atoms with van der Waals surface area (Å²) in [5, 5.41) is 3.18. The van der Waals surface area contributed by atoms with Crippen LogP contribution in [0.25, 0.3) is 0 Å². The lowest BCUT2D eigenvalue weighted by atomic mass is 10.2. The molecule has 17 heavy (non-hydrogen) atoms. The summed E-state index contributed by atoms with van der Waals surface area (Å²) < 4.78 is 5.53. The van der Waals surface area contributed by atoms with E-state index in [-0.39, 0.29) is 6.04 Å². The third-order valence-electron chi connectivity index (χ3n) is 2.46. The fourth-order valence-electron chi connectivity index (χ4n) is 1.44. The van der Waals surface area contributed by atoms with E-state index >= 15 is 0 Å². The molecule has 1 atom stereocenters. The van der Waals surface area contributed by atoms with E-state index in [1.54, 1.807) is 0 Å². The highest BCUT2D eigenvalue weighted by Gasteiger charge is 2.10. The summed E-state index contributed by atoms with van der Waals surface area (Å²) in [5.74, 6) is 7.79. The van der Waals surface area contributed by atoms with Gasteiger partial charge in [0.15, 0.2) is 0 Å². The van der Waals surface area contributed by atoms with Crippen molar-refractivity contribution in [2.24, 2.45) is 10.8 Å². The fourth-order valence-corrected chi connectivity index (χ4v) is 1.44. The van der Waals surface area contributed by atoms with Crippen LogP contribution >= 0.6 is 0 Å². The number of rotatable bonds is 5. The number of guanidine groups is 1. The Balaban J connectivity index is 2.53. The lowest BCUT2D eigenvalue weighted by Crippen LogP contribution is -2.42. The van der Waals surface area contributed by atoms with Crippen molar-refractivity contribution in [3.8, 4) is 0 Å². The molecule has 1 aromatic rings. The number of nitrogens with two attached hydrogens (primary N) is 1. The maximum absolute atomic E-state index is 5.53. The van der Waals surface area contributed by atoms with Crippen LogP contribution in [0.3, 0.4) is 0 Å². The summed E-state index contributed by atoms with van der Waals surface area (Å²) in [5.41, 5.74) is 2.57. The van der Waals surface area contributed by atoms with Crippen molar-refractivity contribution in [2.75, 3.05) is 6.54 Å². The summed E-state index contributed by atoms with van der Waals surface area (Å²) in [4.78, 5) is 4.33. The first kappa shape index (κ1) is 13.6. The lowest BCUT2D eigenvalue weighted by molar-refractivity contribution is 0.441. The van der Waals surface area contributed by atoms with Crippen LogP contribution < -0.4 is 16.6 Å². The molecule has 0 saturated carbocycles. The molecule has 0 radical (unpaired) electrons. The third kappa shape index (κ3) is 4.48. The van der Waals surface area contributed by atoms with Crippen molar-refractivity contribution >= 4 is 5.96 Å². The van der Waals surface area contributed by atoms with Crippen LogP contribution in [0.4, 0.5) is 0 Å². The first-order valence-corrected chi connectivity index (χ1v) is 6.01. The van der Waals surface area contributed by atoms with Gasteiger partial charge in [0, 0.05) is 6.54 Å². The number of aryl methyl sites for hydroxylation is 1. The zero-order valence-electron chi connectivity index (χ0n) is 10.8. The van der Waals surface area contributed by atoms with Crippen LogP contribution in [0, 0.1) is 6.92 Å². The van der Waals surface area contributed by atoms with Crippen molar-refractivity contribution in [3.05, 3.63) is 23.7 Å². The van der Waals surface area contributed by atoms with Gasteiger partial charge in [-0.25, -0.2) is 5.84 Å². The highest BCUT2D eigenvalue weighted by molar-refractivity contribution is 5.79. The molecule has 0 aliphatic heterocycles. The van der Waals surface area contributed by atoms with Crippen LogP contribution in [-0.2, 0) is 0 Å². The average Bonchev–Trinajstić information content (AvgIpc) is 2.74. The van der Waals surface area contributed by atoms with Crippen LogP contribution in [0.5, 0.6) is 0 Å². The molecule has 0 bridgehead atoms. The van der Waals surface area contributed by atoms with Gasteiger partial charge in [0.25, 0.3) is 0 Å². The quantitative estimate of drug-likeness (QED) is 0.241. The number of nitrogens with zero attached hydrogens (tertiary/aromatic N) is 1. The van der Waals surface area contributed by atoms with Crippen LogP contribution in [0.1, 0.15) is 44.3 Å². The van der Waals surface area contributed by atoms with E-state index in [4.69, 9.17) is 10.3 Å². The maximum atomic E-state index is 5.53. The van der Waals surface area contributed by atoms with Gasteiger partial charge in [-0.05, 0) is 32.4 Å². The largest absolute Gasteiger partial charge is 0.464 e. The fraction of sp³-hybridized carbons (Fsp3) is 0.583. The molecule has 0 aliphatic rings. The molecular formula is C12H22N4O. The smallest absolute Gasteiger partial charge is 0.206 e. The minimum absolute atomic E-state index is 0.0418. The predicted molar refractivity (Wildman–Crippen MR) is 69.5 cm³/mol. The molecule has 0 aliphatic carbocycles. The second-order valence-corrected chi connectivity index (χ2v) is 4.04. The summed E-state index contributed by atoms with van der Waals surface area (Å²) in [6, 6.07) is 3.94. The van der Waals surface area contributed by atoms with Crippen molar-refractivity contribution in [1.82, 2.24) is 10.7 Å². The van der Waals surface area contributed by atoms with Crippen molar-refractivity contribution in [1.29, 1.82) is 0 Å². The second kappa shape index (κ2) is 6.96. The van der Waals surface area contributed by atoms with E-state index in [2.05, 4.69) is 22.7 Å². The topological polar surface area (TPSA) is 75.6 Å². The van der Waals surface area contributed by atoms with Crippen LogP contribution in [0.15, 0.2) is 21.5 Å². The lowest BCUT2D eigenvalue weighted by Gasteiger charge is -2.14. The van der Waals surface area contributed by atoms with E-state index < -0.39 is 0 Å². The van der Waals surface area contributed by atoms with Crippen molar-refractivity contribution in [2.45, 2.75) is 39.7 Å². The van der Waals surface area contributed by atoms with Crippen LogP contribution in [0.2, 0.25) is 0 Å². The van der Waals surface area contributed by atoms with Gasteiger partial charge in [-0.1, -0.05) is 13.3 Å². The zero-order chi connectivity index (χ0) is 12.7. The maximum Gasteiger partial charge on any atom is 0.206 e. The first-order chi connectivity index (χ1) is 8.17. The zero-order valence-corrected chi connectivity index (χ0v) is 10.8. The first-order valence-electron chi connectivity index (χ1n) is 6.01. The molecule has 1 heterocycles. The van der Waals surface area contributed by atoms with Gasteiger partial charge in [0.2, 0.25) is 5.96 Å². The minimum Gasteiger partial charge on any atom is -0.464 e. The normalized spacial score (nSPS) is 13.5. The Hall–Kier alpha value is -1.49. The molecule has 1 aromatic heterocycles. The monoisotopic (exact) mass is 238 g/mol. The molecule has 5 heteroatoms. The summed E-state index contributed by atoms with van der Waals surface area (Å²) in [6.07, 6.45) is 2.18. The number of unbranched alkanes of at least 4 members (excludes halogenated alkanes) is 1. The highest BCUT2D eigenvalue weighted by Crippen LogP contribution is 2.15. The van der Waals surface area contributed by atoms with Gasteiger partial charge in [0.1, 0.15) is 11.5 Å². The molecule has 0 fully saturated rings. The Labute approximate surface area is 102 Å². The van der Waals surface area contributed by atoms with Crippen molar-refractivity contribution in [3.63, 3.8) is 0 Å². The number of hydrazine groups is 1. The summed E-state index contributed by atoms with van der Waals surface area (Å²) >= 11 is 0. The van der Waals surface area contributed by atoms with E-state index in [0.717, 1.165) is 30.9 Å². The second-order valence-electron chi connectivity index (χ2n) is 4.04. The highest BCUT2D eigenvalue weighted by atomic mass is 16.3. The van der Waals surface area contributed by atoms with Gasteiger partial charge < -0.3 is 9.73 Å². The molecule has 4 N–H and O–H groups in total. The van der Waals surface area contributed by atoms with Gasteiger partial charge in [-0.2, -0.15) is 0 Å². The number of furan rings is 1. The summed E-state index contributed by atoms with van der Waals surface area (Å²) in [6.45, 7) is 6.83. The Morgan fingerprint density at radius 1 is 1.53 bits per heavy atom.